The largest absolute Gasteiger partial charge is 0.494 e. The van der Waals surface area contributed by atoms with Crippen molar-refractivity contribution < 1.29 is 9.30 Å². The number of rotatable bonds is 9. The summed E-state index contributed by atoms with van der Waals surface area (Å²) >= 11 is 3.59. The van der Waals surface area contributed by atoms with Gasteiger partial charge < -0.3 is 30.2 Å². The molecule has 0 saturated carbocycles. The van der Waals surface area contributed by atoms with Crippen LogP contribution in [-0.2, 0) is 11.0 Å². The van der Waals surface area contributed by atoms with Crippen LogP contribution in [0.25, 0.3) is 10.9 Å². The van der Waals surface area contributed by atoms with Crippen molar-refractivity contribution in [3.63, 3.8) is 0 Å². The predicted molar refractivity (Wildman–Crippen MR) is 189 cm³/mol. The molecule has 4 aromatic rings. The third-order valence-corrected chi connectivity index (χ3v) is 10.9. The molecule has 2 aliphatic heterocycles. The van der Waals surface area contributed by atoms with E-state index in [-0.39, 0.29) is 0 Å². The Balaban J connectivity index is 1.24. The summed E-state index contributed by atoms with van der Waals surface area (Å²) in [5.74, 6) is 1.70. The molecule has 2 saturated heterocycles. The molecule has 12 heteroatoms. The number of pyridine rings is 1. The van der Waals surface area contributed by atoms with Crippen LogP contribution >= 0.6 is 23.1 Å². The quantitative estimate of drug-likeness (QED) is 0.182. The Kier molecular flexibility index (Phi) is 9.61. The van der Waals surface area contributed by atoms with E-state index in [0.717, 1.165) is 73.3 Å². The number of methoxy groups -OCH3 is 1. The molecule has 6 rings (SSSR count). The topological polar surface area (TPSA) is 108 Å². The molecule has 10 nitrogen and oxygen atoms in total. The molecule has 4 heterocycles. The zero-order valence-electron chi connectivity index (χ0n) is 26.4. The van der Waals surface area contributed by atoms with E-state index in [1.54, 1.807) is 32.8 Å². The maximum atomic E-state index is 13.4. The van der Waals surface area contributed by atoms with Crippen molar-refractivity contribution >= 4 is 68.1 Å². The average molecular weight is 694 g/mol. The second-order valence-electron chi connectivity index (χ2n) is 12.1. The summed E-state index contributed by atoms with van der Waals surface area (Å²) in [5.41, 5.74) is 4.75. The lowest BCUT2D eigenvalue weighted by Crippen LogP contribution is -2.52. The molecule has 0 radical (unpaired) electrons. The molecule has 2 aliphatic rings. The van der Waals surface area contributed by atoms with E-state index in [2.05, 4.69) is 70.7 Å². The van der Waals surface area contributed by atoms with Crippen LogP contribution in [0.5, 0.6) is 5.75 Å². The summed E-state index contributed by atoms with van der Waals surface area (Å²) in [6, 6.07) is 12.7. The first-order valence-corrected chi connectivity index (χ1v) is 19.0. The van der Waals surface area contributed by atoms with E-state index in [9.17, 15) is 4.57 Å². The van der Waals surface area contributed by atoms with Gasteiger partial charge in [0.15, 0.2) is 0 Å². The van der Waals surface area contributed by atoms with E-state index in [0.29, 0.717) is 28.0 Å². The summed E-state index contributed by atoms with van der Waals surface area (Å²) in [6.45, 7) is 12.3. The zero-order chi connectivity index (χ0) is 31.6. The van der Waals surface area contributed by atoms with Crippen molar-refractivity contribution in [2.75, 3.05) is 75.2 Å². The van der Waals surface area contributed by atoms with Gasteiger partial charge in [-0.05, 0) is 66.2 Å². The highest BCUT2D eigenvalue weighted by Crippen LogP contribution is 2.42. The van der Waals surface area contributed by atoms with Crippen LogP contribution in [0.2, 0.25) is 0 Å². The minimum Gasteiger partial charge on any atom is -0.494 e. The molecule has 0 spiro atoms. The summed E-state index contributed by atoms with van der Waals surface area (Å²) in [5, 5.41) is 11.9. The van der Waals surface area contributed by atoms with Gasteiger partial charge in [0.2, 0.25) is 5.95 Å². The van der Waals surface area contributed by atoms with Gasteiger partial charge in [-0.1, -0.05) is 25.1 Å². The molecule has 3 N–H and O–H groups in total. The number of piperazine rings is 1. The van der Waals surface area contributed by atoms with Gasteiger partial charge >= 0.3 is 0 Å². The fourth-order valence-corrected chi connectivity index (χ4v) is 8.29. The van der Waals surface area contributed by atoms with Crippen molar-refractivity contribution in [1.82, 2.24) is 25.2 Å². The molecule has 0 amide bonds. The number of piperidine rings is 1. The number of hydrogen-bond acceptors (Lipinski definition) is 10. The number of halogens is 1. The Bertz CT molecular complexity index is 1720. The Morgan fingerprint density at radius 2 is 1.78 bits per heavy atom. The minimum absolute atomic E-state index is 0.414. The highest BCUT2D eigenvalue weighted by atomic mass is 79.9. The first-order chi connectivity index (χ1) is 21.7. The summed E-state index contributed by atoms with van der Waals surface area (Å²) < 4.78 is 20.0. The highest BCUT2D eigenvalue weighted by Gasteiger charge is 2.27. The Hall–Kier alpha value is -3.24. The Morgan fingerprint density at radius 1 is 1.02 bits per heavy atom. The summed E-state index contributed by atoms with van der Waals surface area (Å²) in [7, 11) is -0.971. The van der Waals surface area contributed by atoms with Crippen LogP contribution in [-0.4, -0.2) is 85.6 Å². The van der Waals surface area contributed by atoms with E-state index in [1.165, 1.54) is 24.1 Å². The third kappa shape index (κ3) is 6.97. The Morgan fingerprint density at radius 3 is 2.49 bits per heavy atom. The van der Waals surface area contributed by atoms with Crippen LogP contribution in [0.15, 0.2) is 53.3 Å². The molecule has 0 bridgehead atoms. The molecule has 0 atom stereocenters. The maximum absolute atomic E-state index is 13.4. The van der Waals surface area contributed by atoms with Crippen molar-refractivity contribution in [3.05, 3.63) is 58.8 Å². The van der Waals surface area contributed by atoms with Crippen molar-refractivity contribution in [3.8, 4) is 5.75 Å². The van der Waals surface area contributed by atoms with E-state index in [1.807, 2.05) is 24.3 Å². The number of nitrogens with one attached hydrogen (secondary N) is 3. The number of hydrogen-bond donors (Lipinski definition) is 3. The molecule has 2 aromatic heterocycles. The smallest absolute Gasteiger partial charge is 0.229 e. The number of nitrogens with zero attached hydrogens (tertiary/aromatic N) is 5. The molecule has 0 unspecified atom stereocenters. The van der Waals surface area contributed by atoms with E-state index < -0.39 is 7.14 Å². The van der Waals surface area contributed by atoms with Crippen LogP contribution in [0.3, 0.4) is 0 Å². The number of ether oxygens (including phenoxy) is 1. The van der Waals surface area contributed by atoms with Gasteiger partial charge in [0, 0.05) is 74.0 Å². The maximum Gasteiger partial charge on any atom is 0.229 e. The van der Waals surface area contributed by atoms with Gasteiger partial charge in [0.25, 0.3) is 0 Å². The van der Waals surface area contributed by atoms with Gasteiger partial charge in [-0.3, -0.25) is 9.88 Å². The first kappa shape index (κ1) is 31.7. The monoisotopic (exact) mass is 692 g/mol. The number of anilines is 5. The molecule has 238 valence electrons. The number of aromatic nitrogens is 3. The summed E-state index contributed by atoms with van der Waals surface area (Å²) in [6.07, 6.45) is 6.67. The van der Waals surface area contributed by atoms with Gasteiger partial charge in [0.05, 0.1) is 34.7 Å². The van der Waals surface area contributed by atoms with Crippen LogP contribution in [0.1, 0.15) is 25.3 Å². The fraction of sp³-hybridized carbons (Fsp3) is 0.424. The van der Waals surface area contributed by atoms with Crippen molar-refractivity contribution in [1.29, 1.82) is 0 Å². The van der Waals surface area contributed by atoms with Crippen LogP contribution < -0.4 is 30.9 Å². The molecule has 2 aromatic carbocycles. The second-order valence-corrected chi connectivity index (χ2v) is 16.1. The zero-order valence-corrected chi connectivity index (χ0v) is 28.9. The van der Waals surface area contributed by atoms with Crippen molar-refractivity contribution in [2.24, 2.45) is 0 Å². The average Bonchev–Trinajstić information content (AvgIpc) is 3.06. The number of fused-ring (bicyclic) bond motifs is 1. The minimum atomic E-state index is -2.67. The van der Waals surface area contributed by atoms with Crippen molar-refractivity contribution in [2.45, 2.75) is 32.2 Å². The SMILES string of the molecule is CCc1cc(Nc2ncc(Br)c(Nc3cnc4ccccc4c3P(C)(C)=O)n2)c(OC)cc1N1CCC(N2CCNCC2)CC1. The highest BCUT2D eigenvalue weighted by molar-refractivity contribution is 9.10. The lowest BCUT2D eigenvalue weighted by atomic mass is 9.99. The van der Waals surface area contributed by atoms with Crippen LogP contribution in [0, 0.1) is 0 Å². The third-order valence-electron chi connectivity index (χ3n) is 8.78. The van der Waals surface area contributed by atoms with Gasteiger partial charge in [-0.15, -0.1) is 0 Å². The van der Waals surface area contributed by atoms with Gasteiger partial charge in [-0.2, -0.15) is 4.98 Å². The molecule has 0 aliphatic carbocycles. The van der Waals surface area contributed by atoms with Gasteiger partial charge in [-0.25, -0.2) is 4.98 Å². The van der Waals surface area contributed by atoms with Gasteiger partial charge in [0.1, 0.15) is 18.7 Å². The van der Waals surface area contributed by atoms with E-state index >= 15 is 0 Å². The predicted octanol–water partition coefficient (Wildman–Crippen LogP) is 5.97. The Labute approximate surface area is 273 Å². The fourth-order valence-electron chi connectivity index (χ4n) is 6.54. The first-order valence-electron chi connectivity index (χ1n) is 15.7. The van der Waals surface area contributed by atoms with Crippen LogP contribution in [0.4, 0.5) is 28.8 Å². The molecular formula is C33H42BrN8O2P. The lowest BCUT2D eigenvalue weighted by molar-refractivity contribution is 0.150. The molecular weight excluding hydrogens is 651 g/mol. The standard InChI is InChI=1S/C33H42BrN8O2P/c1-5-22-18-27(30(44-2)19-29(22)42-14-10-23(11-15-42)41-16-12-35-13-17-41)39-33-37-20-25(34)32(40-33)38-28-21-36-26-9-7-6-8-24(26)31(28)45(3,4)43/h6-9,18-21,23,35H,5,10-17H2,1-4H3,(H2,37,38,39,40). The second kappa shape index (κ2) is 13.6. The number of aryl methyl sites for hydroxylation is 1. The number of para-hydroxylation sites is 1. The lowest BCUT2D eigenvalue weighted by Gasteiger charge is -2.41. The molecule has 45 heavy (non-hydrogen) atoms. The van der Waals surface area contributed by atoms with E-state index in [4.69, 9.17) is 9.72 Å². The normalized spacial score (nSPS) is 16.6. The molecule has 2 fully saturated rings. The number of benzene rings is 2. The summed E-state index contributed by atoms with van der Waals surface area (Å²) in [4.78, 5) is 19.1.